The lowest BCUT2D eigenvalue weighted by molar-refractivity contribution is -0.307. The van der Waals surface area contributed by atoms with Crippen LogP contribution in [0.15, 0.2) is 0 Å². The minimum Gasteiger partial charge on any atom is -0.394 e. The summed E-state index contributed by atoms with van der Waals surface area (Å²) in [6, 6.07) is -3.56. The monoisotopic (exact) mass is 765 g/mol. The number of ether oxygens (including phenoxy) is 6. The van der Waals surface area contributed by atoms with Crippen molar-refractivity contribution in [1.82, 2.24) is 10.6 Å². The van der Waals surface area contributed by atoms with E-state index in [0.29, 0.717) is 24.4 Å². The quantitative estimate of drug-likeness (QED) is 0.0774. The van der Waals surface area contributed by atoms with Crippen molar-refractivity contribution < 1.29 is 64.2 Å². The standard InChI is InChI=1S/C33H63N7O13/c34-8-17-23(43)25(45)20(37)31(48-17)52-29-19(11-41)50-33(27(29)47)53-30-22(42)14(35)7-15(36)28(30)51-32-21(38)26(46)24(44)18(49-32)10-39-6-5-12-9-40-16-4-2-1-3-13(12)16/h12-33,39-47H,1-11,34-38H2/t12?,13?,14-,15+,16?,17+,18-,19-,20-,21-,22+,23-,24-,25-,26-,27-,28-,29-,30-,31-,32-,33+/m1/s1. The average molecular weight is 766 g/mol. The average Bonchev–Trinajstić information content (AvgIpc) is 3.70. The lowest BCUT2D eigenvalue weighted by Crippen LogP contribution is -2.68. The smallest absolute Gasteiger partial charge is 0.187 e. The van der Waals surface area contributed by atoms with E-state index in [9.17, 15) is 35.7 Å². The van der Waals surface area contributed by atoms with Crippen LogP contribution in [0.4, 0.5) is 0 Å². The molecule has 0 amide bonds. The molecule has 2 aliphatic carbocycles. The fraction of sp³-hybridized carbons (Fsp3) is 1.00. The molecule has 0 radical (unpaired) electrons. The van der Waals surface area contributed by atoms with Crippen molar-refractivity contribution in [3.05, 3.63) is 0 Å². The summed E-state index contributed by atoms with van der Waals surface area (Å²) in [6.07, 6.45) is -13.5. The third-order valence-corrected chi connectivity index (χ3v) is 12.2. The molecule has 53 heavy (non-hydrogen) atoms. The Morgan fingerprint density at radius 3 is 1.94 bits per heavy atom. The molecule has 6 rings (SSSR count). The first-order valence-electron chi connectivity index (χ1n) is 19.1. The molecule has 2 saturated carbocycles. The first-order chi connectivity index (χ1) is 25.3. The van der Waals surface area contributed by atoms with E-state index in [-0.39, 0.29) is 19.5 Å². The maximum Gasteiger partial charge on any atom is 0.187 e. The maximum absolute atomic E-state index is 11.3. The number of aliphatic hydroxyl groups is 7. The zero-order valence-electron chi connectivity index (χ0n) is 29.9. The second-order valence-electron chi connectivity index (χ2n) is 15.7. The summed E-state index contributed by atoms with van der Waals surface area (Å²) in [7, 11) is 0. The molecule has 308 valence electrons. The Hall–Kier alpha value is -0.800. The molecular formula is C33H63N7O13. The van der Waals surface area contributed by atoms with Gasteiger partial charge in [0, 0.05) is 31.2 Å². The van der Waals surface area contributed by atoms with Crippen LogP contribution in [0, 0.1) is 11.8 Å². The number of rotatable bonds is 13. The summed E-state index contributed by atoms with van der Waals surface area (Å²) in [6.45, 7) is 1.10. The molecule has 20 nitrogen and oxygen atoms in total. The molecule has 6 aliphatic rings. The van der Waals surface area contributed by atoms with Gasteiger partial charge in [-0.05, 0) is 50.6 Å². The highest BCUT2D eigenvalue weighted by Gasteiger charge is 2.54. The van der Waals surface area contributed by atoms with Crippen molar-refractivity contribution in [2.45, 2.75) is 161 Å². The predicted molar refractivity (Wildman–Crippen MR) is 184 cm³/mol. The summed E-state index contributed by atoms with van der Waals surface area (Å²) < 4.78 is 35.8. The number of hydrogen-bond acceptors (Lipinski definition) is 20. The Bertz CT molecular complexity index is 1160. The Morgan fingerprint density at radius 1 is 0.660 bits per heavy atom. The van der Waals surface area contributed by atoms with Crippen LogP contribution in [0.3, 0.4) is 0 Å². The SMILES string of the molecule is NC[C@@H]1O[C@H](O[C@H]2[C@@H](O)[C@H](O[C@@H]3[C@@H](O)[C@H](N)C[C@H](N)[C@H]3O[C@H]3O[C@H](CNCCC4CNC5CCCCC45)[C@@H](O)[C@H](O)[C@H]3N)O[C@@H]2CO)[C@H](N)[C@@H](O)[C@@H]1O. The van der Waals surface area contributed by atoms with Gasteiger partial charge in [-0.25, -0.2) is 0 Å². The van der Waals surface area contributed by atoms with Gasteiger partial charge in [-0.2, -0.15) is 0 Å². The van der Waals surface area contributed by atoms with Crippen LogP contribution >= 0.6 is 0 Å². The topological polar surface area (TPSA) is 351 Å². The van der Waals surface area contributed by atoms with E-state index in [2.05, 4.69) is 10.6 Å². The summed E-state index contributed by atoms with van der Waals surface area (Å²) in [5.41, 5.74) is 30.7. The molecule has 4 aliphatic heterocycles. The number of fused-ring (bicyclic) bond motifs is 1. The number of nitrogens with two attached hydrogens (primary N) is 5. The van der Waals surface area contributed by atoms with Gasteiger partial charge in [0.05, 0.1) is 24.8 Å². The number of aliphatic hydroxyl groups excluding tert-OH is 7. The Kier molecular flexibility index (Phi) is 14.4. The van der Waals surface area contributed by atoms with Gasteiger partial charge in [0.15, 0.2) is 18.9 Å². The Balaban J connectivity index is 1.08. The lowest BCUT2D eigenvalue weighted by atomic mass is 9.79. The minimum absolute atomic E-state index is 0.105. The third-order valence-electron chi connectivity index (χ3n) is 12.2. The van der Waals surface area contributed by atoms with Crippen molar-refractivity contribution in [2.75, 3.05) is 32.8 Å². The molecule has 0 aromatic rings. The predicted octanol–water partition coefficient (Wildman–Crippen LogP) is -7.10. The molecule has 0 aromatic carbocycles. The normalized spacial score (nSPS) is 52.1. The van der Waals surface area contributed by atoms with E-state index in [1.165, 1.54) is 25.7 Å². The first-order valence-corrected chi connectivity index (χ1v) is 19.1. The van der Waals surface area contributed by atoms with Crippen LogP contribution in [-0.4, -0.2) is 191 Å². The zero-order valence-corrected chi connectivity index (χ0v) is 29.9. The van der Waals surface area contributed by atoms with Gasteiger partial charge in [0.1, 0.15) is 67.1 Å². The van der Waals surface area contributed by atoms with Crippen LogP contribution < -0.4 is 39.3 Å². The minimum atomic E-state index is -1.60. The van der Waals surface area contributed by atoms with Crippen molar-refractivity contribution >= 4 is 0 Å². The summed E-state index contributed by atoms with van der Waals surface area (Å²) >= 11 is 0. The van der Waals surface area contributed by atoms with Gasteiger partial charge in [-0.3, -0.25) is 0 Å². The maximum atomic E-state index is 11.3. The van der Waals surface area contributed by atoms with Crippen molar-refractivity contribution in [2.24, 2.45) is 40.5 Å². The van der Waals surface area contributed by atoms with Gasteiger partial charge >= 0.3 is 0 Å². The fourth-order valence-electron chi connectivity index (χ4n) is 9.00. The molecule has 22 atom stereocenters. The fourth-order valence-corrected chi connectivity index (χ4v) is 9.00. The third kappa shape index (κ3) is 8.87. The van der Waals surface area contributed by atoms with Crippen molar-refractivity contribution in [3.63, 3.8) is 0 Å². The van der Waals surface area contributed by atoms with Gasteiger partial charge in [-0.15, -0.1) is 0 Å². The van der Waals surface area contributed by atoms with Gasteiger partial charge in [-0.1, -0.05) is 12.8 Å². The second kappa shape index (κ2) is 18.2. The molecule has 3 unspecified atom stereocenters. The number of nitrogens with one attached hydrogen (secondary N) is 2. The van der Waals surface area contributed by atoms with Gasteiger partial charge < -0.3 is 103 Å². The highest BCUT2D eigenvalue weighted by molar-refractivity contribution is 5.02. The summed E-state index contributed by atoms with van der Waals surface area (Å²) in [5.74, 6) is 1.25. The van der Waals surface area contributed by atoms with Gasteiger partial charge in [0.2, 0.25) is 0 Å². The molecule has 4 heterocycles. The second-order valence-corrected chi connectivity index (χ2v) is 15.7. The summed E-state index contributed by atoms with van der Waals surface area (Å²) in [4.78, 5) is 0. The van der Waals surface area contributed by atoms with E-state index in [4.69, 9.17) is 57.1 Å². The molecule has 6 fully saturated rings. The molecular weight excluding hydrogens is 702 g/mol. The first kappa shape index (κ1) is 41.8. The highest BCUT2D eigenvalue weighted by Crippen LogP contribution is 2.37. The largest absolute Gasteiger partial charge is 0.394 e. The molecule has 19 N–H and O–H groups in total. The molecule has 0 spiro atoms. The van der Waals surface area contributed by atoms with E-state index < -0.39 is 123 Å². The van der Waals surface area contributed by atoms with Crippen LogP contribution in [0.5, 0.6) is 0 Å². The molecule has 4 saturated heterocycles. The Morgan fingerprint density at radius 2 is 1.26 bits per heavy atom. The molecule has 20 heteroatoms. The molecule has 0 aromatic heterocycles. The lowest BCUT2D eigenvalue weighted by Gasteiger charge is -2.47. The summed E-state index contributed by atoms with van der Waals surface area (Å²) in [5, 5.41) is 82.1. The van der Waals surface area contributed by atoms with Crippen LogP contribution in [-0.2, 0) is 28.4 Å². The van der Waals surface area contributed by atoms with E-state index in [1.807, 2.05) is 0 Å². The van der Waals surface area contributed by atoms with Crippen LogP contribution in [0.2, 0.25) is 0 Å². The van der Waals surface area contributed by atoms with E-state index in [0.717, 1.165) is 13.0 Å². The molecule has 0 bridgehead atoms. The van der Waals surface area contributed by atoms with Gasteiger partial charge in [0.25, 0.3) is 0 Å². The van der Waals surface area contributed by atoms with Crippen molar-refractivity contribution in [1.29, 1.82) is 0 Å². The highest BCUT2D eigenvalue weighted by atomic mass is 16.8. The van der Waals surface area contributed by atoms with Crippen molar-refractivity contribution in [3.8, 4) is 0 Å². The van der Waals surface area contributed by atoms with Crippen LogP contribution in [0.1, 0.15) is 38.5 Å². The number of hydrogen-bond donors (Lipinski definition) is 14. The Labute approximate surface area is 308 Å². The zero-order chi connectivity index (χ0) is 38.1. The van der Waals surface area contributed by atoms with E-state index >= 15 is 0 Å². The van der Waals surface area contributed by atoms with E-state index in [1.54, 1.807) is 0 Å². The van der Waals surface area contributed by atoms with Crippen LogP contribution in [0.25, 0.3) is 0 Å².